The number of hydrogen-bond donors (Lipinski definition) is 2. The van der Waals surface area contributed by atoms with Gasteiger partial charge in [0.05, 0.1) is 6.61 Å². The first-order chi connectivity index (χ1) is 9.79. The zero-order valence-corrected chi connectivity index (χ0v) is 11.5. The Kier molecular flexibility index (Phi) is 3.71. The minimum atomic E-state index is 0.225. The maximum Gasteiger partial charge on any atom is 0.136 e. The molecule has 0 amide bonds. The molecule has 0 spiro atoms. The van der Waals surface area contributed by atoms with Crippen molar-refractivity contribution in [2.75, 3.05) is 50.0 Å². The van der Waals surface area contributed by atoms with Crippen molar-refractivity contribution in [3.05, 3.63) is 30.5 Å². The van der Waals surface area contributed by atoms with Crippen LogP contribution in [0.25, 0.3) is 10.8 Å². The van der Waals surface area contributed by atoms with Crippen LogP contribution in [-0.2, 0) is 0 Å². The molecule has 106 valence electrons. The van der Waals surface area contributed by atoms with Crippen molar-refractivity contribution >= 4 is 22.3 Å². The number of rotatable bonds is 3. The van der Waals surface area contributed by atoms with E-state index in [1.54, 1.807) is 0 Å². The van der Waals surface area contributed by atoms with Gasteiger partial charge in [0.1, 0.15) is 5.82 Å². The van der Waals surface area contributed by atoms with Gasteiger partial charge in [0.15, 0.2) is 0 Å². The third kappa shape index (κ3) is 2.42. The lowest BCUT2D eigenvalue weighted by atomic mass is 10.1. The van der Waals surface area contributed by atoms with Gasteiger partial charge in [-0.3, -0.25) is 4.90 Å². The SMILES string of the molecule is Nc1cccc2c(N3CCN(CCO)CC3)nccc12. The van der Waals surface area contributed by atoms with E-state index in [4.69, 9.17) is 10.8 Å². The van der Waals surface area contributed by atoms with Gasteiger partial charge < -0.3 is 15.7 Å². The highest BCUT2D eigenvalue weighted by atomic mass is 16.3. The quantitative estimate of drug-likeness (QED) is 0.814. The molecule has 1 saturated heterocycles. The molecule has 1 aromatic heterocycles. The van der Waals surface area contributed by atoms with Crippen molar-refractivity contribution in [3.8, 4) is 0 Å². The number of fused-ring (bicyclic) bond motifs is 1. The van der Waals surface area contributed by atoms with Crippen LogP contribution in [0.15, 0.2) is 30.5 Å². The van der Waals surface area contributed by atoms with E-state index in [-0.39, 0.29) is 6.61 Å². The molecule has 2 aromatic rings. The normalized spacial score (nSPS) is 16.8. The summed E-state index contributed by atoms with van der Waals surface area (Å²) in [6.45, 7) is 4.76. The standard InChI is InChI=1S/C15H20N4O/c16-14-3-1-2-13-12(14)4-5-17-15(13)19-8-6-18(7-9-19)10-11-20/h1-5,20H,6-11,16H2. The lowest BCUT2D eigenvalue weighted by Crippen LogP contribution is -2.47. The summed E-state index contributed by atoms with van der Waals surface area (Å²) in [6, 6.07) is 7.94. The molecule has 20 heavy (non-hydrogen) atoms. The van der Waals surface area contributed by atoms with Crippen LogP contribution < -0.4 is 10.6 Å². The number of pyridine rings is 1. The molecule has 1 aliphatic heterocycles. The van der Waals surface area contributed by atoms with Gasteiger partial charge in [-0.25, -0.2) is 4.98 Å². The zero-order chi connectivity index (χ0) is 13.9. The van der Waals surface area contributed by atoms with Crippen molar-refractivity contribution < 1.29 is 5.11 Å². The number of aliphatic hydroxyl groups excluding tert-OH is 1. The molecule has 3 N–H and O–H groups in total. The van der Waals surface area contributed by atoms with Gasteiger partial charge >= 0.3 is 0 Å². The smallest absolute Gasteiger partial charge is 0.136 e. The number of nitrogens with two attached hydrogens (primary N) is 1. The van der Waals surface area contributed by atoms with E-state index in [1.165, 1.54) is 0 Å². The second kappa shape index (κ2) is 5.64. The van der Waals surface area contributed by atoms with Crippen LogP contribution >= 0.6 is 0 Å². The first-order valence-electron chi connectivity index (χ1n) is 7.01. The van der Waals surface area contributed by atoms with Gasteiger partial charge in [-0.05, 0) is 12.1 Å². The number of hydrogen-bond acceptors (Lipinski definition) is 5. The van der Waals surface area contributed by atoms with E-state index in [0.717, 1.165) is 55.0 Å². The van der Waals surface area contributed by atoms with Crippen LogP contribution in [0.1, 0.15) is 0 Å². The second-order valence-electron chi connectivity index (χ2n) is 5.13. The first-order valence-corrected chi connectivity index (χ1v) is 7.01. The van der Waals surface area contributed by atoms with Crippen LogP contribution in [-0.4, -0.2) is 54.3 Å². The summed E-state index contributed by atoms with van der Waals surface area (Å²) in [5, 5.41) is 11.2. The molecular weight excluding hydrogens is 252 g/mol. The average molecular weight is 272 g/mol. The van der Waals surface area contributed by atoms with E-state index in [2.05, 4.69) is 20.9 Å². The molecule has 1 aliphatic rings. The Bertz CT molecular complexity index is 593. The minimum Gasteiger partial charge on any atom is -0.398 e. The van der Waals surface area contributed by atoms with Crippen molar-refractivity contribution in [1.29, 1.82) is 0 Å². The predicted octanol–water partition coefficient (Wildman–Crippen LogP) is 0.931. The highest BCUT2D eigenvalue weighted by molar-refractivity contribution is 5.99. The minimum absolute atomic E-state index is 0.225. The summed E-state index contributed by atoms with van der Waals surface area (Å²) in [5.41, 5.74) is 6.83. The zero-order valence-electron chi connectivity index (χ0n) is 11.5. The Balaban J connectivity index is 1.86. The number of nitrogens with zero attached hydrogens (tertiary/aromatic N) is 3. The van der Waals surface area contributed by atoms with Crippen molar-refractivity contribution in [1.82, 2.24) is 9.88 Å². The van der Waals surface area contributed by atoms with Crippen LogP contribution in [0.5, 0.6) is 0 Å². The van der Waals surface area contributed by atoms with Gasteiger partial charge in [-0.1, -0.05) is 12.1 Å². The molecule has 0 radical (unpaired) electrons. The molecule has 3 rings (SSSR count). The number of benzene rings is 1. The molecule has 0 bridgehead atoms. The molecule has 0 atom stereocenters. The number of β-amino-alcohol motifs (C(OH)–C–C–N with tert-alkyl or cyclic N) is 1. The Labute approximate surface area is 118 Å². The Morgan fingerprint density at radius 2 is 1.90 bits per heavy atom. The van der Waals surface area contributed by atoms with E-state index < -0.39 is 0 Å². The summed E-state index contributed by atoms with van der Waals surface area (Å²) in [5.74, 6) is 1.01. The van der Waals surface area contributed by atoms with Gasteiger partial charge in [0.2, 0.25) is 0 Å². The fourth-order valence-corrected chi connectivity index (χ4v) is 2.79. The fraction of sp³-hybridized carbons (Fsp3) is 0.400. The number of anilines is 2. The van der Waals surface area contributed by atoms with Gasteiger partial charge in [0, 0.05) is 55.4 Å². The first kappa shape index (κ1) is 13.1. The topological polar surface area (TPSA) is 65.6 Å². The Hall–Kier alpha value is -1.85. The number of nitrogen functional groups attached to an aromatic ring is 1. The molecule has 0 unspecified atom stereocenters. The maximum atomic E-state index is 8.99. The highest BCUT2D eigenvalue weighted by Gasteiger charge is 2.19. The molecule has 2 heterocycles. The van der Waals surface area contributed by atoms with Gasteiger partial charge in [-0.2, -0.15) is 0 Å². The number of aromatic nitrogens is 1. The summed E-state index contributed by atoms with van der Waals surface area (Å²) < 4.78 is 0. The third-order valence-corrected chi connectivity index (χ3v) is 3.91. The highest BCUT2D eigenvalue weighted by Crippen LogP contribution is 2.28. The Morgan fingerprint density at radius 3 is 2.65 bits per heavy atom. The molecule has 1 fully saturated rings. The molecule has 0 aliphatic carbocycles. The molecule has 5 heteroatoms. The van der Waals surface area contributed by atoms with Crippen LogP contribution in [0, 0.1) is 0 Å². The Morgan fingerprint density at radius 1 is 1.10 bits per heavy atom. The van der Waals surface area contributed by atoms with Crippen molar-refractivity contribution in [2.45, 2.75) is 0 Å². The monoisotopic (exact) mass is 272 g/mol. The summed E-state index contributed by atoms with van der Waals surface area (Å²) in [7, 11) is 0. The average Bonchev–Trinajstić information content (AvgIpc) is 2.48. The number of piperazine rings is 1. The lowest BCUT2D eigenvalue weighted by Gasteiger charge is -2.35. The summed E-state index contributed by atoms with van der Waals surface area (Å²) in [6.07, 6.45) is 1.83. The lowest BCUT2D eigenvalue weighted by molar-refractivity contribution is 0.188. The van der Waals surface area contributed by atoms with Crippen LogP contribution in [0.4, 0.5) is 11.5 Å². The largest absolute Gasteiger partial charge is 0.398 e. The van der Waals surface area contributed by atoms with Crippen LogP contribution in [0.2, 0.25) is 0 Å². The van der Waals surface area contributed by atoms with Gasteiger partial charge in [-0.15, -0.1) is 0 Å². The summed E-state index contributed by atoms with van der Waals surface area (Å²) >= 11 is 0. The third-order valence-electron chi connectivity index (χ3n) is 3.91. The molecule has 1 aromatic carbocycles. The summed E-state index contributed by atoms with van der Waals surface area (Å²) in [4.78, 5) is 9.12. The predicted molar refractivity (Wildman–Crippen MR) is 81.9 cm³/mol. The van der Waals surface area contributed by atoms with Gasteiger partial charge in [0.25, 0.3) is 0 Å². The van der Waals surface area contributed by atoms with E-state index in [9.17, 15) is 0 Å². The second-order valence-corrected chi connectivity index (χ2v) is 5.13. The molecular formula is C15H20N4O. The van der Waals surface area contributed by atoms with Crippen molar-refractivity contribution in [2.24, 2.45) is 0 Å². The molecule has 0 saturated carbocycles. The van der Waals surface area contributed by atoms with E-state index in [1.807, 2.05) is 24.4 Å². The number of aliphatic hydroxyl groups is 1. The van der Waals surface area contributed by atoms with E-state index >= 15 is 0 Å². The fourth-order valence-electron chi connectivity index (χ4n) is 2.79. The maximum absolute atomic E-state index is 8.99. The van der Waals surface area contributed by atoms with Crippen molar-refractivity contribution in [3.63, 3.8) is 0 Å². The van der Waals surface area contributed by atoms with E-state index in [0.29, 0.717) is 0 Å². The molecule has 5 nitrogen and oxygen atoms in total. The van der Waals surface area contributed by atoms with Crippen LogP contribution in [0.3, 0.4) is 0 Å².